The van der Waals surface area contributed by atoms with Gasteiger partial charge in [0.1, 0.15) is 5.01 Å². The van der Waals surface area contributed by atoms with Gasteiger partial charge < -0.3 is 16.0 Å². The molecule has 0 bridgehead atoms. The van der Waals surface area contributed by atoms with Crippen molar-refractivity contribution in [2.24, 2.45) is 0 Å². The number of urea groups is 1. The Morgan fingerprint density at radius 2 is 1.61 bits per heavy atom. The Morgan fingerprint density at radius 1 is 0.972 bits per heavy atom. The zero-order valence-electron chi connectivity index (χ0n) is 21.1. The number of carbonyl (C=O) groups is 2. The molecule has 0 aliphatic carbocycles. The summed E-state index contributed by atoms with van der Waals surface area (Å²) in [5, 5.41) is 8.84. The summed E-state index contributed by atoms with van der Waals surface area (Å²) in [7, 11) is -3.93. The molecule has 2 aromatic carbocycles. The van der Waals surface area contributed by atoms with E-state index < -0.39 is 21.6 Å². The molecule has 3 amide bonds. The summed E-state index contributed by atoms with van der Waals surface area (Å²) in [6, 6.07) is 11.5. The minimum atomic E-state index is -3.93. The van der Waals surface area contributed by atoms with E-state index in [1.807, 2.05) is 26.0 Å². The van der Waals surface area contributed by atoms with Crippen LogP contribution >= 0.6 is 11.3 Å². The molecule has 0 saturated heterocycles. The highest BCUT2D eigenvalue weighted by molar-refractivity contribution is 7.89. The fourth-order valence-corrected chi connectivity index (χ4v) is 6.04. The van der Waals surface area contributed by atoms with Crippen molar-refractivity contribution in [2.45, 2.75) is 58.0 Å². The molecule has 192 valence electrons. The van der Waals surface area contributed by atoms with Crippen molar-refractivity contribution >= 4 is 44.7 Å². The van der Waals surface area contributed by atoms with Gasteiger partial charge in [-0.3, -0.25) is 4.79 Å². The fraction of sp³-hybridized carbons (Fsp3) is 0.320. The van der Waals surface area contributed by atoms with E-state index in [0.717, 1.165) is 5.56 Å². The van der Waals surface area contributed by atoms with E-state index in [0.29, 0.717) is 26.8 Å². The monoisotopic (exact) mass is 529 g/mol. The minimum absolute atomic E-state index is 0.0379. The van der Waals surface area contributed by atoms with Gasteiger partial charge in [0.05, 0.1) is 9.77 Å². The van der Waals surface area contributed by atoms with E-state index in [-0.39, 0.29) is 16.8 Å². The molecule has 0 fully saturated rings. The van der Waals surface area contributed by atoms with Crippen LogP contribution in [0, 0.1) is 0 Å². The SMILES string of the molecule is CC(=O)Nc1ccc(-c2ncc(-c3ccc(NC(=O)NC(C)C)cc3S(=O)(=O)NC(C)(C)C)s2)cc1. The molecular weight excluding hydrogens is 498 g/mol. The second-order valence-electron chi connectivity index (χ2n) is 9.61. The standard InChI is InChI=1S/C25H31N5O4S2/c1-15(2)27-24(32)29-19-11-12-20(22(13-19)36(33,34)30-25(4,5)6)21-14-26-23(35-21)17-7-9-18(10-8-17)28-16(3)31/h7-15,30H,1-6H3,(H,28,31)(H2,27,29,32). The number of nitrogens with zero attached hydrogens (tertiary/aromatic N) is 1. The Labute approximate surface area is 215 Å². The zero-order chi connectivity index (χ0) is 26.7. The Hall–Kier alpha value is -3.28. The molecule has 0 radical (unpaired) electrons. The number of hydrogen-bond donors (Lipinski definition) is 4. The lowest BCUT2D eigenvalue weighted by atomic mass is 10.1. The molecule has 1 heterocycles. The topological polar surface area (TPSA) is 129 Å². The summed E-state index contributed by atoms with van der Waals surface area (Å²) in [6.07, 6.45) is 1.63. The maximum Gasteiger partial charge on any atom is 0.319 e. The molecular formula is C25H31N5O4S2. The van der Waals surface area contributed by atoms with Gasteiger partial charge in [0.2, 0.25) is 15.9 Å². The normalized spacial score (nSPS) is 11.9. The summed E-state index contributed by atoms with van der Waals surface area (Å²) in [4.78, 5) is 28.6. The number of benzene rings is 2. The number of aromatic nitrogens is 1. The summed E-state index contributed by atoms with van der Waals surface area (Å²) in [5.74, 6) is -0.156. The predicted octanol–water partition coefficient (Wildman–Crippen LogP) is 5.04. The average molecular weight is 530 g/mol. The molecule has 0 saturated carbocycles. The van der Waals surface area contributed by atoms with Crippen LogP contribution in [-0.4, -0.2) is 36.9 Å². The number of nitrogens with one attached hydrogen (secondary N) is 4. The largest absolute Gasteiger partial charge is 0.336 e. The van der Waals surface area contributed by atoms with Crippen molar-refractivity contribution in [3.8, 4) is 21.0 Å². The van der Waals surface area contributed by atoms with Gasteiger partial charge in [-0.15, -0.1) is 11.3 Å². The summed E-state index contributed by atoms with van der Waals surface area (Å²) < 4.78 is 29.4. The van der Waals surface area contributed by atoms with Crippen LogP contribution in [0.2, 0.25) is 0 Å². The van der Waals surface area contributed by atoms with Gasteiger partial charge in [-0.05, 0) is 71.0 Å². The van der Waals surface area contributed by atoms with Crippen LogP contribution in [-0.2, 0) is 14.8 Å². The molecule has 9 nitrogen and oxygen atoms in total. The third kappa shape index (κ3) is 7.36. The number of thiazole rings is 1. The Balaban J connectivity index is 2.00. The second-order valence-corrected chi connectivity index (χ2v) is 12.3. The van der Waals surface area contributed by atoms with Gasteiger partial charge in [-0.2, -0.15) is 0 Å². The number of rotatable bonds is 7. The van der Waals surface area contributed by atoms with Gasteiger partial charge in [0, 0.05) is 47.2 Å². The van der Waals surface area contributed by atoms with Crippen LogP contribution in [0.25, 0.3) is 21.0 Å². The summed E-state index contributed by atoms with van der Waals surface area (Å²) in [5.41, 5.74) is 1.63. The van der Waals surface area contributed by atoms with E-state index in [9.17, 15) is 18.0 Å². The maximum atomic E-state index is 13.4. The highest BCUT2D eigenvalue weighted by Gasteiger charge is 2.26. The molecule has 36 heavy (non-hydrogen) atoms. The number of sulfonamides is 1. The lowest BCUT2D eigenvalue weighted by Crippen LogP contribution is -2.40. The number of carbonyl (C=O) groups excluding carboxylic acids is 2. The Morgan fingerprint density at radius 3 is 2.19 bits per heavy atom. The molecule has 4 N–H and O–H groups in total. The molecule has 1 aromatic heterocycles. The van der Waals surface area contributed by atoms with Crippen LogP contribution in [0.1, 0.15) is 41.5 Å². The quantitative estimate of drug-likeness (QED) is 0.341. The predicted molar refractivity (Wildman–Crippen MR) is 145 cm³/mol. The zero-order valence-corrected chi connectivity index (χ0v) is 22.7. The highest BCUT2D eigenvalue weighted by atomic mass is 32.2. The van der Waals surface area contributed by atoms with Crippen molar-refractivity contribution in [3.05, 3.63) is 48.7 Å². The van der Waals surface area contributed by atoms with Gasteiger partial charge in [-0.25, -0.2) is 22.9 Å². The van der Waals surface area contributed by atoms with Crippen LogP contribution < -0.4 is 20.7 Å². The highest BCUT2D eigenvalue weighted by Crippen LogP contribution is 2.37. The minimum Gasteiger partial charge on any atom is -0.336 e. The van der Waals surface area contributed by atoms with E-state index >= 15 is 0 Å². The van der Waals surface area contributed by atoms with Crippen molar-refractivity contribution in [1.29, 1.82) is 0 Å². The Bertz CT molecular complexity index is 1360. The average Bonchev–Trinajstić information content (AvgIpc) is 3.21. The van der Waals surface area contributed by atoms with Gasteiger partial charge in [0.15, 0.2) is 0 Å². The van der Waals surface area contributed by atoms with Crippen LogP contribution in [0.5, 0.6) is 0 Å². The molecule has 11 heteroatoms. The van der Waals surface area contributed by atoms with E-state index in [4.69, 9.17) is 0 Å². The first-order chi connectivity index (χ1) is 16.7. The Kier molecular flexibility index (Phi) is 8.17. The van der Waals surface area contributed by atoms with Crippen molar-refractivity contribution in [3.63, 3.8) is 0 Å². The maximum absolute atomic E-state index is 13.4. The second kappa shape index (κ2) is 10.8. The number of hydrogen-bond acceptors (Lipinski definition) is 6. The van der Waals surface area contributed by atoms with Gasteiger partial charge >= 0.3 is 6.03 Å². The van der Waals surface area contributed by atoms with Crippen molar-refractivity contribution in [1.82, 2.24) is 15.0 Å². The first-order valence-corrected chi connectivity index (χ1v) is 13.6. The van der Waals surface area contributed by atoms with Crippen LogP contribution in [0.3, 0.4) is 0 Å². The van der Waals surface area contributed by atoms with Crippen LogP contribution in [0.4, 0.5) is 16.2 Å². The first kappa shape index (κ1) is 27.3. The molecule has 0 spiro atoms. The molecule has 3 rings (SSSR count). The molecule has 0 atom stereocenters. The lowest BCUT2D eigenvalue weighted by molar-refractivity contribution is -0.114. The third-order valence-corrected chi connectivity index (χ3v) is 7.49. The summed E-state index contributed by atoms with van der Waals surface area (Å²) >= 11 is 1.34. The molecule has 0 aliphatic rings. The smallest absolute Gasteiger partial charge is 0.319 e. The van der Waals surface area contributed by atoms with Gasteiger partial charge in [-0.1, -0.05) is 6.07 Å². The fourth-order valence-electron chi connectivity index (χ4n) is 3.34. The van der Waals surface area contributed by atoms with Crippen molar-refractivity contribution in [2.75, 3.05) is 10.6 Å². The van der Waals surface area contributed by atoms with Crippen molar-refractivity contribution < 1.29 is 18.0 Å². The van der Waals surface area contributed by atoms with Gasteiger partial charge in [0.25, 0.3) is 0 Å². The van der Waals surface area contributed by atoms with E-state index in [2.05, 4.69) is 25.7 Å². The molecule has 0 unspecified atom stereocenters. The first-order valence-electron chi connectivity index (χ1n) is 11.3. The van der Waals surface area contributed by atoms with Crippen LogP contribution in [0.15, 0.2) is 53.6 Å². The summed E-state index contributed by atoms with van der Waals surface area (Å²) in [6.45, 7) is 10.4. The van der Waals surface area contributed by atoms with E-state index in [1.54, 1.807) is 51.2 Å². The van der Waals surface area contributed by atoms with E-state index in [1.165, 1.54) is 24.3 Å². The molecule has 0 aliphatic heterocycles. The number of anilines is 2. The lowest BCUT2D eigenvalue weighted by Gasteiger charge is -2.22. The molecule has 3 aromatic rings. The number of amides is 3. The third-order valence-electron chi connectivity index (χ3n) is 4.61.